The van der Waals surface area contributed by atoms with Crippen LogP contribution in [-0.2, 0) is 13.1 Å². The molecule has 6 nitrogen and oxygen atoms in total. The predicted octanol–water partition coefficient (Wildman–Crippen LogP) is 2.27. The molecule has 0 unspecified atom stereocenters. The largest absolute Gasteiger partial charge is 0.332 e. The van der Waals surface area contributed by atoms with E-state index in [1.807, 2.05) is 52.2 Å². The molecule has 1 aliphatic heterocycles. The lowest BCUT2D eigenvalue weighted by Crippen LogP contribution is -2.37. The van der Waals surface area contributed by atoms with Gasteiger partial charge in [-0.05, 0) is 44.4 Å². The van der Waals surface area contributed by atoms with Crippen LogP contribution in [0.4, 0.5) is 0 Å². The highest BCUT2D eigenvalue weighted by atomic mass is 16.2. The molecule has 4 rings (SSSR count). The van der Waals surface area contributed by atoms with Crippen molar-refractivity contribution in [3.05, 3.63) is 60.0 Å². The standard InChI is InChI=1S/C20H23N5O/c1-23(2)11-15-12-24(14-18-7-9-22-25(18)13-15)20(26)17-5-6-19-16(10-17)4-3-8-21-19/h3-10,15H,11-14H2,1-2H3/t15-/m0/s1. The minimum Gasteiger partial charge on any atom is -0.332 e. The van der Waals surface area contributed by atoms with Gasteiger partial charge in [-0.3, -0.25) is 14.5 Å². The average molecular weight is 349 g/mol. The Morgan fingerprint density at radius 1 is 1.19 bits per heavy atom. The maximum atomic E-state index is 13.2. The highest BCUT2D eigenvalue weighted by molar-refractivity contribution is 5.97. The molecular weight excluding hydrogens is 326 g/mol. The Hall–Kier alpha value is -2.73. The van der Waals surface area contributed by atoms with E-state index in [2.05, 4.69) is 29.1 Å². The van der Waals surface area contributed by atoms with Gasteiger partial charge in [-0.2, -0.15) is 5.10 Å². The summed E-state index contributed by atoms with van der Waals surface area (Å²) in [4.78, 5) is 21.7. The number of benzene rings is 1. The van der Waals surface area contributed by atoms with Crippen LogP contribution < -0.4 is 0 Å². The fraction of sp³-hybridized carbons (Fsp3) is 0.350. The van der Waals surface area contributed by atoms with E-state index in [4.69, 9.17) is 0 Å². The molecule has 134 valence electrons. The molecule has 0 N–H and O–H groups in total. The van der Waals surface area contributed by atoms with Crippen molar-refractivity contribution >= 4 is 16.8 Å². The summed E-state index contributed by atoms with van der Waals surface area (Å²) < 4.78 is 2.03. The average Bonchev–Trinajstić information content (AvgIpc) is 2.99. The van der Waals surface area contributed by atoms with Gasteiger partial charge in [0.15, 0.2) is 0 Å². The van der Waals surface area contributed by atoms with Crippen LogP contribution in [0.2, 0.25) is 0 Å². The first-order valence-corrected chi connectivity index (χ1v) is 8.89. The zero-order valence-electron chi connectivity index (χ0n) is 15.2. The second-order valence-electron chi connectivity index (χ2n) is 7.23. The molecule has 0 saturated heterocycles. The monoisotopic (exact) mass is 349 g/mol. The van der Waals surface area contributed by atoms with Gasteiger partial charge in [0.25, 0.3) is 5.91 Å². The fourth-order valence-corrected chi connectivity index (χ4v) is 3.71. The molecular formula is C20H23N5O. The van der Waals surface area contributed by atoms with Crippen molar-refractivity contribution in [2.24, 2.45) is 5.92 Å². The van der Waals surface area contributed by atoms with Crippen molar-refractivity contribution < 1.29 is 4.79 Å². The second kappa shape index (κ2) is 6.88. The number of aromatic nitrogens is 3. The maximum Gasteiger partial charge on any atom is 0.254 e. The van der Waals surface area contributed by atoms with Crippen LogP contribution in [0.5, 0.6) is 0 Å². The molecule has 0 aliphatic carbocycles. The number of amides is 1. The summed E-state index contributed by atoms with van der Waals surface area (Å²) in [6, 6.07) is 11.6. The number of hydrogen-bond acceptors (Lipinski definition) is 4. The Kier molecular flexibility index (Phi) is 4.42. The first-order chi connectivity index (χ1) is 12.6. The molecule has 0 bridgehead atoms. The Labute approximate surface area is 153 Å². The predicted molar refractivity (Wildman–Crippen MR) is 101 cm³/mol. The zero-order chi connectivity index (χ0) is 18.1. The van der Waals surface area contributed by atoms with E-state index in [-0.39, 0.29) is 5.91 Å². The van der Waals surface area contributed by atoms with Gasteiger partial charge in [-0.25, -0.2) is 0 Å². The molecule has 1 aromatic carbocycles. The molecule has 3 aromatic rings. The summed E-state index contributed by atoms with van der Waals surface area (Å²) in [6.07, 6.45) is 3.59. The molecule has 2 aromatic heterocycles. The molecule has 26 heavy (non-hydrogen) atoms. The van der Waals surface area contributed by atoms with Crippen LogP contribution in [0.1, 0.15) is 16.1 Å². The van der Waals surface area contributed by atoms with Crippen molar-refractivity contribution in [3.8, 4) is 0 Å². The highest BCUT2D eigenvalue weighted by Gasteiger charge is 2.26. The molecule has 0 spiro atoms. The van der Waals surface area contributed by atoms with E-state index in [0.29, 0.717) is 18.0 Å². The number of carbonyl (C=O) groups excluding carboxylic acids is 1. The third kappa shape index (κ3) is 3.32. The number of nitrogens with zero attached hydrogens (tertiary/aromatic N) is 5. The number of rotatable bonds is 3. The van der Waals surface area contributed by atoms with Gasteiger partial charge >= 0.3 is 0 Å². The Morgan fingerprint density at radius 2 is 2.08 bits per heavy atom. The smallest absolute Gasteiger partial charge is 0.254 e. The van der Waals surface area contributed by atoms with Crippen molar-refractivity contribution in [1.29, 1.82) is 0 Å². The van der Waals surface area contributed by atoms with Crippen molar-refractivity contribution in [2.45, 2.75) is 13.1 Å². The third-order valence-electron chi connectivity index (χ3n) is 4.83. The summed E-state index contributed by atoms with van der Waals surface area (Å²) in [6.45, 7) is 3.08. The lowest BCUT2D eigenvalue weighted by atomic mass is 10.1. The first-order valence-electron chi connectivity index (χ1n) is 8.89. The number of pyridine rings is 1. The van der Waals surface area contributed by atoms with Crippen LogP contribution in [0, 0.1) is 5.92 Å². The van der Waals surface area contributed by atoms with Gasteiger partial charge in [0.1, 0.15) is 0 Å². The Balaban J connectivity index is 1.64. The zero-order valence-corrected chi connectivity index (χ0v) is 15.2. The van der Waals surface area contributed by atoms with E-state index in [9.17, 15) is 4.79 Å². The van der Waals surface area contributed by atoms with Gasteiger partial charge in [0, 0.05) is 48.9 Å². The Bertz CT molecular complexity index is 933. The van der Waals surface area contributed by atoms with Gasteiger partial charge in [0.05, 0.1) is 17.8 Å². The molecule has 6 heteroatoms. The van der Waals surface area contributed by atoms with Gasteiger partial charge in [-0.15, -0.1) is 0 Å². The molecule has 1 aliphatic rings. The molecule has 1 atom stereocenters. The summed E-state index contributed by atoms with van der Waals surface area (Å²) in [7, 11) is 4.13. The number of fused-ring (bicyclic) bond motifs is 2. The fourth-order valence-electron chi connectivity index (χ4n) is 3.71. The lowest BCUT2D eigenvalue weighted by Gasteiger charge is -2.26. The second-order valence-corrected chi connectivity index (χ2v) is 7.23. The van der Waals surface area contributed by atoms with Crippen molar-refractivity contribution in [1.82, 2.24) is 24.6 Å². The van der Waals surface area contributed by atoms with Gasteiger partial charge in [-0.1, -0.05) is 6.07 Å². The molecule has 0 radical (unpaired) electrons. The SMILES string of the molecule is CN(C)C[C@H]1CN(C(=O)c2ccc3ncccc3c2)Cc2ccnn2C1. The lowest BCUT2D eigenvalue weighted by molar-refractivity contribution is 0.0712. The topological polar surface area (TPSA) is 54.3 Å². The molecule has 0 fully saturated rings. The normalized spacial score (nSPS) is 17.3. The molecule has 1 amide bonds. The maximum absolute atomic E-state index is 13.2. The minimum absolute atomic E-state index is 0.0640. The molecule has 0 saturated carbocycles. The third-order valence-corrected chi connectivity index (χ3v) is 4.83. The number of carbonyl (C=O) groups is 1. The summed E-state index contributed by atoms with van der Waals surface area (Å²) in [5.41, 5.74) is 2.70. The minimum atomic E-state index is 0.0640. The van der Waals surface area contributed by atoms with Crippen molar-refractivity contribution in [2.75, 3.05) is 27.2 Å². The quantitative estimate of drug-likeness (QED) is 0.728. The van der Waals surface area contributed by atoms with Gasteiger partial charge in [0.2, 0.25) is 0 Å². The highest BCUT2D eigenvalue weighted by Crippen LogP contribution is 2.20. The van der Waals surface area contributed by atoms with Crippen LogP contribution >= 0.6 is 0 Å². The van der Waals surface area contributed by atoms with Crippen LogP contribution in [-0.4, -0.2) is 57.7 Å². The van der Waals surface area contributed by atoms with E-state index in [0.717, 1.165) is 36.2 Å². The van der Waals surface area contributed by atoms with E-state index < -0.39 is 0 Å². The first kappa shape index (κ1) is 16.7. The van der Waals surface area contributed by atoms with Crippen LogP contribution in [0.3, 0.4) is 0 Å². The van der Waals surface area contributed by atoms with Crippen LogP contribution in [0.15, 0.2) is 48.8 Å². The number of hydrogen-bond donors (Lipinski definition) is 0. The summed E-state index contributed by atoms with van der Waals surface area (Å²) in [5.74, 6) is 0.409. The van der Waals surface area contributed by atoms with Crippen molar-refractivity contribution in [3.63, 3.8) is 0 Å². The summed E-state index contributed by atoms with van der Waals surface area (Å²) >= 11 is 0. The van der Waals surface area contributed by atoms with E-state index in [1.54, 1.807) is 6.20 Å². The van der Waals surface area contributed by atoms with Gasteiger partial charge < -0.3 is 9.80 Å². The van der Waals surface area contributed by atoms with E-state index >= 15 is 0 Å². The Morgan fingerprint density at radius 3 is 2.92 bits per heavy atom. The van der Waals surface area contributed by atoms with E-state index in [1.165, 1.54) is 0 Å². The summed E-state index contributed by atoms with van der Waals surface area (Å²) in [5, 5.41) is 5.42. The molecule has 3 heterocycles. The van der Waals surface area contributed by atoms with Crippen LogP contribution in [0.25, 0.3) is 10.9 Å².